The summed E-state index contributed by atoms with van der Waals surface area (Å²) < 4.78 is 0. The topological polar surface area (TPSA) is 57.8 Å². The summed E-state index contributed by atoms with van der Waals surface area (Å²) in [5, 5.41) is 11.7. The van der Waals surface area contributed by atoms with Crippen LogP contribution in [0.25, 0.3) is 22.0 Å². The Bertz CT molecular complexity index is 1040. The second kappa shape index (κ2) is 6.01. The fraction of sp³-hybridized carbons (Fsp3) is 0. The largest absolute Gasteiger partial charge is 0.356 e. The normalized spacial score (nSPS) is 10.7. The summed E-state index contributed by atoms with van der Waals surface area (Å²) in [4.78, 5) is 11.9. The predicted molar refractivity (Wildman–Crippen MR) is 97.5 cm³/mol. The number of aromatic nitrogens is 2. The molecule has 0 aliphatic carbocycles. The van der Waals surface area contributed by atoms with Crippen LogP contribution in [0, 0.1) is 0 Å². The lowest BCUT2D eigenvalue weighted by atomic mass is 10.0. The van der Waals surface area contributed by atoms with Crippen molar-refractivity contribution in [1.82, 2.24) is 10.2 Å². The number of fused-ring (bicyclic) bond motifs is 1. The van der Waals surface area contributed by atoms with Gasteiger partial charge >= 0.3 is 0 Å². The maximum atomic E-state index is 11.9. The Morgan fingerprint density at radius 2 is 1.33 bits per heavy atom. The van der Waals surface area contributed by atoms with Crippen molar-refractivity contribution >= 4 is 22.1 Å². The lowest BCUT2D eigenvalue weighted by Gasteiger charge is -2.08. The van der Waals surface area contributed by atoms with Crippen LogP contribution in [0.15, 0.2) is 83.7 Å². The zero-order valence-electron chi connectivity index (χ0n) is 12.9. The van der Waals surface area contributed by atoms with Gasteiger partial charge in [-0.05, 0) is 30.3 Å². The van der Waals surface area contributed by atoms with Crippen molar-refractivity contribution in [3.05, 3.63) is 89.2 Å². The van der Waals surface area contributed by atoms with Gasteiger partial charge in [-0.3, -0.25) is 4.79 Å². The summed E-state index contributed by atoms with van der Waals surface area (Å²) in [7, 11) is 0. The van der Waals surface area contributed by atoms with E-state index in [1.807, 2.05) is 78.9 Å². The molecular formula is C20H15N3O. The number of nitrogens with zero attached hydrogens (tertiary/aromatic N) is 1. The second-order valence-corrected chi connectivity index (χ2v) is 5.52. The molecule has 24 heavy (non-hydrogen) atoms. The third kappa shape index (κ3) is 2.65. The van der Waals surface area contributed by atoms with Crippen molar-refractivity contribution in [2.75, 3.05) is 5.32 Å². The molecule has 0 amide bonds. The first-order valence-electron chi connectivity index (χ1n) is 7.71. The first kappa shape index (κ1) is 14.2. The molecule has 0 unspecified atom stereocenters. The first-order valence-corrected chi connectivity index (χ1v) is 7.71. The highest BCUT2D eigenvalue weighted by Gasteiger charge is 2.08. The van der Waals surface area contributed by atoms with Gasteiger partial charge in [0.2, 0.25) is 0 Å². The Morgan fingerprint density at radius 3 is 2.08 bits per heavy atom. The molecule has 0 fully saturated rings. The van der Waals surface area contributed by atoms with Crippen LogP contribution in [0.2, 0.25) is 0 Å². The number of para-hydroxylation sites is 1. The van der Waals surface area contributed by atoms with Crippen LogP contribution < -0.4 is 10.9 Å². The van der Waals surface area contributed by atoms with Crippen molar-refractivity contribution in [2.45, 2.75) is 0 Å². The van der Waals surface area contributed by atoms with E-state index in [4.69, 9.17) is 0 Å². The molecule has 0 aliphatic rings. The summed E-state index contributed by atoms with van der Waals surface area (Å²) in [5.41, 5.74) is 3.60. The molecule has 1 heterocycles. The molecular weight excluding hydrogens is 298 g/mol. The molecule has 0 spiro atoms. The summed E-state index contributed by atoms with van der Waals surface area (Å²) >= 11 is 0. The molecule has 0 radical (unpaired) electrons. The van der Waals surface area contributed by atoms with Gasteiger partial charge in [-0.1, -0.05) is 48.5 Å². The van der Waals surface area contributed by atoms with Crippen molar-refractivity contribution in [3.8, 4) is 11.3 Å². The lowest BCUT2D eigenvalue weighted by molar-refractivity contribution is 1.02. The molecule has 4 aromatic rings. The van der Waals surface area contributed by atoms with Gasteiger partial charge in [-0.25, -0.2) is 5.10 Å². The van der Waals surface area contributed by atoms with E-state index in [0.717, 1.165) is 28.0 Å². The zero-order valence-corrected chi connectivity index (χ0v) is 12.9. The summed E-state index contributed by atoms with van der Waals surface area (Å²) in [6.45, 7) is 0. The molecule has 3 aromatic carbocycles. The van der Waals surface area contributed by atoms with Gasteiger partial charge in [0.1, 0.15) is 0 Å². The van der Waals surface area contributed by atoms with Crippen LogP contribution in [-0.4, -0.2) is 10.2 Å². The average molecular weight is 313 g/mol. The third-order valence-electron chi connectivity index (χ3n) is 3.92. The quantitative estimate of drug-likeness (QED) is 0.592. The predicted octanol–water partition coefficient (Wildman–Crippen LogP) is 4.33. The molecule has 0 aliphatic heterocycles. The second-order valence-electron chi connectivity index (χ2n) is 5.52. The van der Waals surface area contributed by atoms with Crippen molar-refractivity contribution in [3.63, 3.8) is 0 Å². The number of aromatic amines is 1. The highest BCUT2D eigenvalue weighted by atomic mass is 16.1. The number of hydrogen-bond acceptors (Lipinski definition) is 3. The molecule has 4 heteroatoms. The fourth-order valence-corrected chi connectivity index (χ4v) is 2.73. The molecule has 0 saturated heterocycles. The van der Waals surface area contributed by atoms with Crippen LogP contribution in [0.5, 0.6) is 0 Å². The number of benzene rings is 3. The number of H-pyrrole nitrogens is 1. The lowest BCUT2D eigenvalue weighted by Crippen LogP contribution is -2.09. The van der Waals surface area contributed by atoms with E-state index in [2.05, 4.69) is 15.5 Å². The Balaban J connectivity index is 1.71. The van der Waals surface area contributed by atoms with Crippen molar-refractivity contribution in [1.29, 1.82) is 0 Å². The number of nitrogens with one attached hydrogen (secondary N) is 2. The van der Waals surface area contributed by atoms with Gasteiger partial charge in [0.15, 0.2) is 0 Å². The van der Waals surface area contributed by atoms with Gasteiger partial charge in [0.05, 0.1) is 11.1 Å². The van der Waals surface area contributed by atoms with E-state index in [1.165, 1.54) is 0 Å². The first-order chi connectivity index (χ1) is 11.8. The van der Waals surface area contributed by atoms with Crippen molar-refractivity contribution < 1.29 is 0 Å². The van der Waals surface area contributed by atoms with Crippen molar-refractivity contribution in [2.24, 2.45) is 0 Å². The third-order valence-corrected chi connectivity index (χ3v) is 3.92. The van der Waals surface area contributed by atoms with Crippen LogP contribution in [0.1, 0.15) is 0 Å². The Morgan fingerprint density at radius 1 is 0.708 bits per heavy atom. The van der Waals surface area contributed by atoms with Crippen LogP contribution in [0.4, 0.5) is 11.4 Å². The highest BCUT2D eigenvalue weighted by molar-refractivity contribution is 5.93. The summed E-state index contributed by atoms with van der Waals surface area (Å²) in [6, 6.07) is 25.5. The summed E-state index contributed by atoms with van der Waals surface area (Å²) in [5.74, 6) is 0. The molecule has 0 atom stereocenters. The number of rotatable bonds is 3. The van der Waals surface area contributed by atoms with E-state index >= 15 is 0 Å². The molecule has 2 N–H and O–H groups in total. The summed E-state index contributed by atoms with van der Waals surface area (Å²) in [6.07, 6.45) is 0. The molecule has 0 saturated carbocycles. The van der Waals surface area contributed by atoms with E-state index in [9.17, 15) is 4.79 Å². The minimum atomic E-state index is -0.170. The maximum absolute atomic E-state index is 11.9. The molecule has 4 rings (SSSR count). The number of hydrogen-bond donors (Lipinski definition) is 2. The highest BCUT2D eigenvalue weighted by Crippen LogP contribution is 2.26. The van der Waals surface area contributed by atoms with Gasteiger partial charge < -0.3 is 5.32 Å². The monoisotopic (exact) mass is 313 g/mol. The molecule has 0 bridgehead atoms. The number of anilines is 2. The Kier molecular flexibility index (Phi) is 3.56. The molecule has 4 nitrogen and oxygen atoms in total. The van der Waals surface area contributed by atoms with E-state index in [1.54, 1.807) is 0 Å². The molecule has 1 aromatic heterocycles. The Hall–Kier alpha value is -3.40. The zero-order chi connectivity index (χ0) is 16.4. The fourth-order valence-electron chi connectivity index (χ4n) is 2.73. The van der Waals surface area contributed by atoms with Gasteiger partial charge in [0.25, 0.3) is 5.56 Å². The van der Waals surface area contributed by atoms with Gasteiger partial charge in [-0.15, -0.1) is 0 Å². The minimum Gasteiger partial charge on any atom is -0.356 e. The smallest absolute Gasteiger partial charge is 0.272 e. The minimum absolute atomic E-state index is 0.170. The SMILES string of the molecule is O=c1[nH]nc(-c2ccc(Nc3ccccc3)cc2)c2ccccc12. The van der Waals surface area contributed by atoms with E-state index in [0.29, 0.717) is 5.39 Å². The Labute approximate surface area is 138 Å². The van der Waals surface area contributed by atoms with E-state index < -0.39 is 0 Å². The maximum Gasteiger partial charge on any atom is 0.272 e. The molecule has 116 valence electrons. The van der Waals surface area contributed by atoms with Gasteiger partial charge in [-0.2, -0.15) is 5.10 Å². The standard InChI is InChI=1S/C20H15N3O/c24-20-18-9-5-4-8-17(18)19(22-23-20)14-10-12-16(13-11-14)21-15-6-2-1-3-7-15/h1-13,21H,(H,23,24). The van der Waals surface area contributed by atoms with Crippen LogP contribution >= 0.6 is 0 Å². The van der Waals surface area contributed by atoms with E-state index in [-0.39, 0.29) is 5.56 Å². The van der Waals surface area contributed by atoms with Crippen LogP contribution in [-0.2, 0) is 0 Å². The van der Waals surface area contributed by atoms with Gasteiger partial charge in [0, 0.05) is 22.3 Å². The average Bonchev–Trinajstić information content (AvgIpc) is 2.64. The van der Waals surface area contributed by atoms with Crippen LogP contribution in [0.3, 0.4) is 0 Å².